The van der Waals surface area contributed by atoms with E-state index in [1.807, 2.05) is 6.92 Å². The van der Waals surface area contributed by atoms with Crippen molar-refractivity contribution < 1.29 is 14.6 Å². The van der Waals surface area contributed by atoms with E-state index in [-0.39, 0.29) is 5.97 Å². The molecule has 0 amide bonds. The molecule has 0 radical (unpaired) electrons. The molecule has 25 heavy (non-hydrogen) atoms. The molecule has 0 unspecified atom stereocenters. The van der Waals surface area contributed by atoms with E-state index in [9.17, 15) is 9.90 Å². The van der Waals surface area contributed by atoms with Crippen molar-refractivity contribution in [3.63, 3.8) is 0 Å². The number of carbonyl (C=O) groups is 1. The molecule has 0 fully saturated rings. The van der Waals surface area contributed by atoms with Crippen molar-refractivity contribution in [1.29, 1.82) is 0 Å². The van der Waals surface area contributed by atoms with Crippen molar-refractivity contribution in [2.45, 2.75) is 110 Å². The van der Waals surface area contributed by atoms with Crippen LogP contribution >= 0.6 is 0 Å². The van der Waals surface area contributed by atoms with Gasteiger partial charge in [-0.05, 0) is 32.1 Å². The van der Waals surface area contributed by atoms with Gasteiger partial charge < -0.3 is 9.84 Å². The molecular weight excluding hydrogens is 312 g/mol. The number of esters is 1. The van der Waals surface area contributed by atoms with Crippen LogP contribution in [0.2, 0.25) is 0 Å². The quantitative estimate of drug-likeness (QED) is 0.236. The van der Waals surface area contributed by atoms with Crippen molar-refractivity contribution in [2.24, 2.45) is 5.92 Å². The van der Waals surface area contributed by atoms with E-state index < -0.39 is 6.10 Å². The summed E-state index contributed by atoms with van der Waals surface area (Å²) in [5.74, 6) is 6.49. The van der Waals surface area contributed by atoms with E-state index in [0.29, 0.717) is 18.9 Å². The first-order valence-electron chi connectivity index (χ1n) is 10.4. The number of aliphatic hydroxyl groups is 1. The first kappa shape index (κ1) is 24.0. The van der Waals surface area contributed by atoms with Gasteiger partial charge in [0, 0.05) is 12.8 Å². The fraction of sp³-hybridized carbons (Fsp3) is 0.864. The summed E-state index contributed by atoms with van der Waals surface area (Å²) in [5.41, 5.74) is 0. The minimum atomic E-state index is -0.447. The number of hydrogen-bond donors (Lipinski definition) is 1. The highest BCUT2D eigenvalue weighted by Gasteiger charge is 2.02. The maximum Gasteiger partial charge on any atom is 0.305 e. The van der Waals surface area contributed by atoms with E-state index in [2.05, 4.69) is 25.7 Å². The molecule has 0 aromatic rings. The van der Waals surface area contributed by atoms with Crippen molar-refractivity contribution in [3.05, 3.63) is 0 Å². The number of carbonyl (C=O) groups excluding carboxylic acids is 1. The lowest BCUT2D eigenvalue weighted by Gasteiger charge is -2.05. The second-order valence-corrected chi connectivity index (χ2v) is 7.31. The van der Waals surface area contributed by atoms with Crippen LogP contribution in [0.3, 0.4) is 0 Å². The molecule has 1 atom stereocenters. The second-order valence-electron chi connectivity index (χ2n) is 7.31. The molecule has 0 aromatic carbocycles. The molecule has 0 bridgehead atoms. The van der Waals surface area contributed by atoms with Gasteiger partial charge in [-0.2, -0.15) is 0 Å². The third-order valence-corrected chi connectivity index (χ3v) is 4.20. The molecule has 0 saturated heterocycles. The smallest absolute Gasteiger partial charge is 0.305 e. The van der Waals surface area contributed by atoms with E-state index in [4.69, 9.17) is 4.74 Å². The third-order valence-electron chi connectivity index (χ3n) is 4.20. The zero-order valence-corrected chi connectivity index (χ0v) is 16.8. The van der Waals surface area contributed by atoms with Crippen LogP contribution in [0.5, 0.6) is 0 Å². The Labute approximate surface area is 155 Å². The molecule has 0 heterocycles. The molecule has 0 saturated carbocycles. The molecule has 0 aliphatic rings. The van der Waals surface area contributed by atoms with Gasteiger partial charge in [-0.1, -0.05) is 71.1 Å². The molecule has 0 spiro atoms. The Bertz CT molecular complexity index is 365. The first-order valence-corrected chi connectivity index (χ1v) is 10.4. The van der Waals surface area contributed by atoms with Crippen molar-refractivity contribution in [2.75, 3.05) is 6.61 Å². The van der Waals surface area contributed by atoms with Gasteiger partial charge in [0.05, 0.1) is 6.61 Å². The van der Waals surface area contributed by atoms with E-state index in [1.54, 1.807) is 0 Å². The minimum absolute atomic E-state index is 0.0541. The number of hydrogen-bond acceptors (Lipinski definition) is 3. The Morgan fingerprint density at radius 3 is 1.96 bits per heavy atom. The Hall–Kier alpha value is -1.01. The van der Waals surface area contributed by atoms with Crippen molar-refractivity contribution >= 4 is 5.97 Å². The Kier molecular flexibility index (Phi) is 17.1. The zero-order valence-electron chi connectivity index (χ0n) is 16.8. The predicted octanol–water partition coefficient (Wildman–Crippen LogP) is 5.64. The summed E-state index contributed by atoms with van der Waals surface area (Å²) in [7, 11) is 0. The molecule has 0 aliphatic carbocycles. The minimum Gasteiger partial charge on any atom is -0.466 e. The highest BCUT2D eigenvalue weighted by molar-refractivity contribution is 5.69. The van der Waals surface area contributed by atoms with Crippen LogP contribution in [0.1, 0.15) is 104 Å². The van der Waals surface area contributed by atoms with Gasteiger partial charge in [0.15, 0.2) is 0 Å². The third kappa shape index (κ3) is 19.2. The van der Waals surface area contributed by atoms with Gasteiger partial charge in [-0.15, -0.1) is 5.92 Å². The summed E-state index contributed by atoms with van der Waals surface area (Å²) in [4.78, 5) is 11.2. The van der Waals surface area contributed by atoms with Crippen LogP contribution in [0, 0.1) is 17.8 Å². The highest BCUT2D eigenvalue weighted by atomic mass is 16.5. The average Bonchev–Trinajstić information content (AvgIpc) is 2.54. The van der Waals surface area contributed by atoms with Gasteiger partial charge >= 0.3 is 5.97 Å². The van der Waals surface area contributed by atoms with Gasteiger partial charge in [0.1, 0.15) is 6.10 Å². The van der Waals surface area contributed by atoms with Crippen LogP contribution in [0.25, 0.3) is 0 Å². The van der Waals surface area contributed by atoms with Crippen LogP contribution in [-0.4, -0.2) is 23.8 Å². The van der Waals surface area contributed by atoms with E-state index >= 15 is 0 Å². The highest BCUT2D eigenvalue weighted by Crippen LogP contribution is 2.12. The largest absolute Gasteiger partial charge is 0.466 e. The fourth-order valence-corrected chi connectivity index (χ4v) is 2.83. The number of rotatable bonds is 15. The number of ether oxygens (including phenoxy) is 1. The topological polar surface area (TPSA) is 46.5 Å². The predicted molar refractivity (Wildman–Crippen MR) is 105 cm³/mol. The van der Waals surface area contributed by atoms with Crippen molar-refractivity contribution in [1.82, 2.24) is 0 Å². The molecule has 146 valence electrons. The molecule has 0 aromatic heterocycles. The van der Waals surface area contributed by atoms with Gasteiger partial charge in [0.2, 0.25) is 0 Å². The lowest BCUT2D eigenvalue weighted by Crippen LogP contribution is -2.06. The summed E-state index contributed by atoms with van der Waals surface area (Å²) in [6.45, 7) is 6.55. The fourth-order valence-electron chi connectivity index (χ4n) is 2.83. The normalized spacial score (nSPS) is 11.9. The summed E-state index contributed by atoms with van der Waals surface area (Å²) < 4.78 is 4.92. The van der Waals surface area contributed by atoms with Crippen LogP contribution in [0.4, 0.5) is 0 Å². The lowest BCUT2D eigenvalue weighted by atomic mass is 10.0. The molecule has 0 rings (SSSR count). The molecule has 0 aliphatic heterocycles. The zero-order chi connectivity index (χ0) is 18.8. The van der Waals surface area contributed by atoms with Gasteiger partial charge in [-0.3, -0.25) is 4.79 Å². The summed E-state index contributed by atoms with van der Waals surface area (Å²) in [6.07, 6.45) is 14.0. The molecule has 3 nitrogen and oxygen atoms in total. The van der Waals surface area contributed by atoms with Crippen LogP contribution in [-0.2, 0) is 9.53 Å². The Morgan fingerprint density at radius 2 is 1.44 bits per heavy atom. The summed E-state index contributed by atoms with van der Waals surface area (Å²) in [6, 6.07) is 0. The molecular formula is C22H40O3. The average molecular weight is 353 g/mol. The SMILES string of the molecule is CCOC(=O)CCCCCCCCCCCCC#C[C@@H](O)CC(C)C. The Morgan fingerprint density at radius 1 is 0.920 bits per heavy atom. The second kappa shape index (κ2) is 17.8. The van der Waals surface area contributed by atoms with E-state index in [0.717, 1.165) is 32.1 Å². The van der Waals surface area contributed by atoms with Crippen LogP contribution in [0.15, 0.2) is 0 Å². The maximum absolute atomic E-state index is 11.2. The monoisotopic (exact) mass is 352 g/mol. The summed E-state index contributed by atoms with van der Waals surface area (Å²) >= 11 is 0. The van der Waals surface area contributed by atoms with Gasteiger partial charge in [-0.25, -0.2) is 0 Å². The van der Waals surface area contributed by atoms with Crippen molar-refractivity contribution in [3.8, 4) is 11.8 Å². The molecule has 3 heteroatoms. The standard InChI is InChI=1S/C22H40O3/c1-4-25-22(24)18-16-14-12-10-8-6-5-7-9-11-13-15-17-21(23)19-20(2)3/h20-21,23H,4-14,16,18-19H2,1-3H3/t21-/m1/s1. The maximum atomic E-state index is 11.2. The number of unbranched alkanes of at least 4 members (excludes halogenated alkanes) is 10. The number of aliphatic hydroxyl groups excluding tert-OH is 1. The van der Waals surface area contributed by atoms with Gasteiger partial charge in [0.25, 0.3) is 0 Å². The van der Waals surface area contributed by atoms with E-state index in [1.165, 1.54) is 44.9 Å². The summed E-state index contributed by atoms with van der Waals surface area (Å²) in [5, 5.41) is 9.65. The van der Waals surface area contributed by atoms with Crippen LogP contribution < -0.4 is 0 Å². The first-order chi connectivity index (χ1) is 12.1. The Balaban J connectivity index is 3.24. The lowest BCUT2D eigenvalue weighted by molar-refractivity contribution is -0.143. The molecule has 1 N–H and O–H groups in total.